The van der Waals surface area contributed by atoms with Crippen LogP contribution in [-0.2, 0) is 16.1 Å². The fraction of sp³-hybridized carbons (Fsp3) is 0.480. The van der Waals surface area contributed by atoms with Crippen LogP contribution in [0.15, 0.2) is 71.5 Å². The quantitative estimate of drug-likeness (QED) is 0.131. The molecule has 5 heterocycles. The molecule has 1 aromatic heterocycles. The van der Waals surface area contributed by atoms with Crippen molar-refractivity contribution in [2.75, 3.05) is 62.7 Å². The molecule has 64 heavy (non-hydrogen) atoms. The van der Waals surface area contributed by atoms with E-state index in [1.165, 1.54) is 12.5 Å². The molecule has 4 aliphatic heterocycles. The van der Waals surface area contributed by atoms with Gasteiger partial charge in [-0.25, -0.2) is 0 Å². The van der Waals surface area contributed by atoms with Gasteiger partial charge in [0.1, 0.15) is 24.2 Å². The van der Waals surface area contributed by atoms with Crippen molar-refractivity contribution in [1.29, 1.82) is 5.26 Å². The molecule has 336 valence electrons. The summed E-state index contributed by atoms with van der Waals surface area (Å²) in [7, 11) is 1.88. The van der Waals surface area contributed by atoms with Gasteiger partial charge in [0.25, 0.3) is 0 Å². The minimum atomic E-state index is -0.396. The number of fused-ring (bicyclic) bond motifs is 3. The molecule has 4 saturated heterocycles. The van der Waals surface area contributed by atoms with Crippen molar-refractivity contribution >= 4 is 46.3 Å². The monoisotopic (exact) mass is 868 g/mol. The lowest BCUT2D eigenvalue weighted by Gasteiger charge is -2.56. The van der Waals surface area contributed by atoms with Crippen LogP contribution in [0.5, 0.6) is 5.75 Å². The van der Waals surface area contributed by atoms with Crippen LogP contribution in [0.2, 0.25) is 0 Å². The van der Waals surface area contributed by atoms with E-state index in [1.54, 1.807) is 24.3 Å². The van der Waals surface area contributed by atoms with Crippen molar-refractivity contribution in [1.82, 2.24) is 20.1 Å². The number of aromatic nitrogens is 1. The molecular formula is C50H60N8O6. The van der Waals surface area contributed by atoms with Crippen LogP contribution in [0.3, 0.4) is 0 Å². The number of imide groups is 1. The molecule has 2 aliphatic carbocycles. The maximum absolute atomic E-state index is 12.4. The molecule has 14 nitrogen and oxygen atoms in total. The zero-order chi connectivity index (χ0) is 45.5. The molecular weight excluding hydrogens is 809 g/mol. The molecule has 0 radical (unpaired) electrons. The number of ether oxygens (including phenoxy) is 1. The summed E-state index contributed by atoms with van der Waals surface area (Å²) in [6.45, 7) is 16.5. The van der Waals surface area contributed by atoms with Crippen molar-refractivity contribution in [2.24, 2.45) is 34.3 Å². The number of benzene rings is 3. The van der Waals surface area contributed by atoms with Gasteiger partial charge in [-0.2, -0.15) is 5.26 Å². The first-order valence-corrected chi connectivity index (χ1v) is 22.5. The van der Waals surface area contributed by atoms with Crippen LogP contribution >= 0.6 is 0 Å². The van der Waals surface area contributed by atoms with Crippen LogP contribution in [0, 0.1) is 39.9 Å². The summed E-state index contributed by atoms with van der Waals surface area (Å²) in [4.78, 5) is 70.8. The summed E-state index contributed by atoms with van der Waals surface area (Å²) in [6.07, 6.45) is 4.20. The number of aromatic amines is 1. The van der Waals surface area contributed by atoms with E-state index < -0.39 is 5.91 Å². The zero-order valence-electron chi connectivity index (χ0n) is 37.6. The number of nitriles is 1. The van der Waals surface area contributed by atoms with E-state index in [4.69, 9.17) is 10.5 Å². The molecule has 3 atom stereocenters. The lowest BCUT2D eigenvalue weighted by molar-refractivity contribution is -0.137. The number of hydrogen-bond acceptors (Lipinski definition) is 11. The minimum absolute atomic E-state index is 0.100. The summed E-state index contributed by atoms with van der Waals surface area (Å²) >= 11 is 0. The number of nitrogens with zero attached hydrogens (tertiary/aromatic N) is 5. The molecule has 3 unspecified atom stereocenters. The van der Waals surface area contributed by atoms with Gasteiger partial charge in [0, 0.05) is 104 Å². The summed E-state index contributed by atoms with van der Waals surface area (Å²) in [6, 6.07) is 22.1. The van der Waals surface area contributed by atoms with Gasteiger partial charge in [0.2, 0.25) is 23.3 Å². The van der Waals surface area contributed by atoms with Crippen LogP contribution in [-0.4, -0.2) is 104 Å². The third-order valence-electron chi connectivity index (χ3n) is 14.4. The molecule has 0 spiro atoms. The number of H-pyrrole nitrogens is 1. The zero-order valence-corrected chi connectivity index (χ0v) is 37.6. The standard InChI is InChI=1S/C32H40N6O4.C18H20N2O2/c1-35(29-8-9-30(40)34-32(29)42)16-23-15-27(7-4-22(23)20-39)38-17-24-14-25(18-38)28(24)19-36-10-12-37(13-11-36)26-5-2-21(3-6-26)31(33)41;1-17(2)10-18(3,4)16(17)22-13-7-5-11(9-19)15-12(13)6-8-14(21)20-15/h2-7,15,20,24-25,28-29H,8-14,16-19H2,1H3,(H2,33,41)(H,34,40,42);5-8,16H,10H2,1-4H3,(H,20,21). The summed E-state index contributed by atoms with van der Waals surface area (Å²) in [5.41, 5.74) is 10.8. The summed E-state index contributed by atoms with van der Waals surface area (Å²) < 4.78 is 6.30. The number of carbonyl (C=O) groups is 4. The van der Waals surface area contributed by atoms with E-state index in [1.807, 2.05) is 42.3 Å². The topological polar surface area (TPSA) is 185 Å². The number of piperidine rings is 3. The molecule has 10 rings (SSSR count). The maximum atomic E-state index is 12.4. The van der Waals surface area contributed by atoms with E-state index >= 15 is 0 Å². The average molecular weight is 869 g/mol. The smallest absolute Gasteiger partial charge is 0.248 e. The number of piperazine rings is 1. The SMILES string of the molecule is CC1(C)CC(C)(C)C1Oc1ccc(C#N)c2[nH]c(=O)ccc12.CN(Cc1cc(N2CC3CC(C2)C3CN2CCN(c3ccc(C(N)=O)cc3)CC2)ccc1C=O)C1CCC(=O)NC1=O. The molecule has 3 amide bonds. The summed E-state index contributed by atoms with van der Waals surface area (Å²) in [5, 5.41) is 12.4. The van der Waals surface area contributed by atoms with Gasteiger partial charge in [0.15, 0.2) is 0 Å². The van der Waals surface area contributed by atoms with Gasteiger partial charge in [-0.3, -0.25) is 39.1 Å². The number of rotatable bonds is 11. The Morgan fingerprint density at radius 2 is 1.61 bits per heavy atom. The van der Waals surface area contributed by atoms with Gasteiger partial charge in [-0.05, 0) is 110 Å². The van der Waals surface area contributed by atoms with Crippen molar-refractivity contribution in [3.05, 3.63) is 99.3 Å². The number of aldehydes is 1. The lowest BCUT2D eigenvalue weighted by Crippen LogP contribution is -2.59. The van der Waals surface area contributed by atoms with E-state index in [0.717, 1.165) is 92.5 Å². The van der Waals surface area contributed by atoms with E-state index in [9.17, 15) is 29.2 Å². The molecule has 6 fully saturated rings. The molecule has 6 aliphatic rings. The first kappa shape index (κ1) is 44.6. The average Bonchev–Trinajstić information content (AvgIpc) is 3.27. The van der Waals surface area contributed by atoms with Crippen LogP contribution in [0.25, 0.3) is 10.9 Å². The van der Waals surface area contributed by atoms with Crippen LogP contribution < -0.4 is 31.1 Å². The van der Waals surface area contributed by atoms with Crippen molar-refractivity contribution in [3.63, 3.8) is 0 Å². The second-order valence-electron chi connectivity index (χ2n) is 19.9. The number of carbonyl (C=O) groups excluding carboxylic acids is 4. The van der Waals surface area contributed by atoms with Gasteiger partial charge < -0.3 is 25.3 Å². The highest BCUT2D eigenvalue weighted by Crippen LogP contribution is 2.55. The Morgan fingerprint density at radius 1 is 0.922 bits per heavy atom. The Labute approximate surface area is 374 Å². The number of anilines is 2. The Hall–Kier alpha value is -6.04. The Bertz CT molecular complexity index is 2510. The van der Waals surface area contributed by atoms with Gasteiger partial charge in [0.05, 0.1) is 17.1 Å². The molecule has 4 aromatic rings. The van der Waals surface area contributed by atoms with Gasteiger partial charge in [-0.1, -0.05) is 27.7 Å². The van der Waals surface area contributed by atoms with E-state index in [2.05, 4.69) is 64.8 Å². The number of primary amides is 1. The largest absolute Gasteiger partial charge is 0.489 e. The predicted octanol–water partition coefficient (Wildman–Crippen LogP) is 5.33. The van der Waals surface area contributed by atoms with Crippen molar-refractivity contribution < 1.29 is 23.9 Å². The van der Waals surface area contributed by atoms with Crippen molar-refractivity contribution in [2.45, 2.75) is 72.1 Å². The Balaban J connectivity index is 0.000000214. The first-order valence-electron chi connectivity index (χ1n) is 22.5. The lowest BCUT2D eigenvalue weighted by atomic mass is 9.53. The molecule has 3 aromatic carbocycles. The Kier molecular flexibility index (Phi) is 12.4. The third-order valence-corrected chi connectivity index (χ3v) is 14.4. The third kappa shape index (κ3) is 9.14. The number of pyridine rings is 1. The maximum Gasteiger partial charge on any atom is 0.248 e. The highest BCUT2D eigenvalue weighted by Gasteiger charge is 2.55. The number of hydrogen-bond donors (Lipinski definition) is 3. The molecule has 2 bridgehead atoms. The van der Waals surface area contributed by atoms with Gasteiger partial charge in [-0.15, -0.1) is 0 Å². The minimum Gasteiger partial charge on any atom is -0.489 e. The predicted molar refractivity (Wildman–Crippen MR) is 246 cm³/mol. The van der Waals surface area contributed by atoms with Crippen LogP contribution in [0.4, 0.5) is 11.4 Å². The second-order valence-corrected chi connectivity index (χ2v) is 19.9. The van der Waals surface area contributed by atoms with Crippen molar-refractivity contribution in [3.8, 4) is 11.8 Å². The highest BCUT2D eigenvalue weighted by molar-refractivity contribution is 6.00. The number of amides is 3. The summed E-state index contributed by atoms with van der Waals surface area (Å²) in [5.74, 6) is 1.89. The fourth-order valence-corrected chi connectivity index (χ4v) is 11.5. The number of nitrogens with two attached hydrogens (primary N) is 1. The normalized spacial score (nSPS) is 23.8. The second kappa shape index (κ2) is 17.9. The van der Waals surface area contributed by atoms with Crippen LogP contribution in [0.1, 0.15) is 85.2 Å². The van der Waals surface area contributed by atoms with Gasteiger partial charge >= 0.3 is 0 Å². The van der Waals surface area contributed by atoms with E-state index in [0.29, 0.717) is 53.4 Å². The first-order chi connectivity index (χ1) is 30.5. The molecule has 14 heteroatoms. The Morgan fingerprint density at radius 3 is 2.23 bits per heavy atom. The number of likely N-dealkylation sites (N-methyl/N-ethyl adjacent to an activating group) is 1. The fourth-order valence-electron chi connectivity index (χ4n) is 11.5. The number of nitrogens with one attached hydrogen (secondary N) is 2. The highest BCUT2D eigenvalue weighted by atomic mass is 16.5. The molecule has 2 saturated carbocycles. The molecule has 4 N–H and O–H groups in total. The van der Waals surface area contributed by atoms with E-state index in [-0.39, 0.29) is 40.3 Å².